The number of nitrogens with one attached hydrogen (secondary N) is 2. The van der Waals surface area contributed by atoms with Crippen molar-refractivity contribution in [3.8, 4) is 0 Å². The summed E-state index contributed by atoms with van der Waals surface area (Å²) in [4.78, 5) is 19.1. The van der Waals surface area contributed by atoms with Crippen molar-refractivity contribution < 1.29 is 9.21 Å². The largest absolute Gasteiger partial charge is 0.469 e. The Hall–Kier alpha value is -1.98. The molecule has 0 aliphatic heterocycles. The second kappa shape index (κ2) is 9.49. The van der Waals surface area contributed by atoms with Gasteiger partial charge in [0.2, 0.25) is 5.91 Å². The number of furan rings is 1. The third kappa shape index (κ3) is 5.51. The predicted molar refractivity (Wildman–Crippen MR) is 101 cm³/mol. The lowest BCUT2D eigenvalue weighted by molar-refractivity contribution is -0.138. The van der Waals surface area contributed by atoms with Crippen molar-refractivity contribution in [1.29, 1.82) is 0 Å². The average molecular weight is 348 g/mol. The molecule has 6 heteroatoms. The van der Waals surface area contributed by atoms with Gasteiger partial charge in [0.25, 0.3) is 0 Å². The maximum absolute atomic E-state index is 12.7. The molecular formula is C19H32N4O2. The molecule has 1 aromatic heterocycles. The molecule has 0 atom stereocenters. The van der Waals surface area contributed by atoms with E-state index in [4.69, 9.17) is 9.41 Å². The lowest BCUT2D eigenvalue weighted by atomic mass is 9.85. The van der Waals surface area contributed by atoms with Crippen LogP contribution >= 0.6 is 0 Å². The summed E-state index contributed by atoms with van der Waals surface area (Å²) in [6.07, 6.45) is 7.61. The number of aliphatic imine (C=N–C) groups is 1. The van der Waals surface area contributed by atoms with Crippen LogP contribution in [0.1, 0.15) is 44.8 Å². The number of nitrogens with zero attached hydrogens (tertiary/aromatic N) is 2. The molecule has 1 aliphatic carbocycles. The van der Waals surface area contributed by atoms with Crippen molar-refractivity contribution in [1.82, 2.24) is 15.5 Å². The van der Waals surface area contributed by atoms with E-state index < -0.39 is 0 Å². The van der Waals surface area contributed by atoms with E-state index in [1.165, 1.54) is 0 Å². The molecule has 0 aromatic carbocycles. The number of hydrogen-bond donors (Lipinski definition) is 2. The minimum atomic E-state index is -0.328. The first-order valence-corrected chi connectivity index (χ1v) is 9.34. The summed E-state index contributed by atoms with van der Waals surface area (Å²) in [6.45, 7) is 4.28. The van der Waals surface area contributed by atoms with Crippen LogP contribution in [-0.2, 0) is 11.2 Å². The highest BCUT2D eigenvalue weighted by Crippen LogP contribution is 2.39. The van der Waals surface area contributed by atoms with Crippen LogP contribution in [-0.4, -0.2) is 50.5 Å². The molecule has 0 radical (unpaired) electrons. The van der Waals surface area contributed by atoms with Crippen LogP contribution in [0.4, 0.5) is 0 Å². The molecule has 1 aliphatic rings. The van der Waals surface area contributed by atoms with E-state index in [1.807, 2.05) is 26.2 Å². The van der Waals surface area contributed by atoms with E-state index in [1.54, 1.807) is 11.2 Å². The van der Waals surface area contributed by atoms with Gasteiger partial charge in [-0.25, -0.2) is 0 Å². The third-order valence-corrected chi connectivity index (χ3v) is 4.75. The molecule has 1 fully saturated rings. The fraction of sp³-hybridized carbons (Fsp3) is 0.684. The summed E-state index contributed by atoms with van der Waals surface area (Å²) in [5.74, 6) is 1.95. The fourth-order valence-electron chi connectivity index (χ4n) is 3.37. The molecule has 1 amide bonds. The summed E-state index contributed by atoms with van der Waals surface area (Å²) in [5, 5.41) is 6.70. The average Bonchev–Trinajstić information content (AvgIpc) is 3.28. The zero-order chi connectivity index (χ0) is 18.1. The van der Waals surface area contributed by atoms with Gasteiger partial charge >= 0.3 is 0 Å². The summed E-state index contributed by atoms with van der Waals surface area (Å²) < 4.78 is 5.36. The van der Waals surface area contributed by atoms with Crippen LogP contribution in [0.2, 0.25) is 0 Å². The molecule has 0 bridgehead atoms. The monoisotopic (exact) mass is 348 g/mol. The first kappa shape index (κ1) is 19.3. The van der Waals surface area contributed by atoms with Crippen molar-refractivity contribution in [2.24, 2.45) is 10.4 Å². The number of guanidine groups is 1. The normalized spacial score (nSPS) is 16.7. The van der Waals surface area contributed by atoms with E-state index >= 15 is 0 Å². The summed E-state index contributed by atoms with van der Waals surface area (Å²) in [7, 11) is 3.67. The molecule has 1 saturated carbocycles. The number of rotatable bonds is 8. The number of carbonyl (C=O) groups excluding carboxylic acids is 1. The van der Waals surface area contributed by atoms with E-state index in [2.05, 4.69) is 17.6 Å². The van der Waals surface area contributed by atoms with Crippen LogP contribution in [0.15, 0.2) is 27.8 Å². The highest BCUT2D eigenvalue weighted by atomic mass is 16.3. The van der Waals surface area contributed by atoms with Crippen molar-refractivity contribution in [3.63, 3.8) is 0 Å². The Morgan fingerprint density at radius 2 is 2.00 bits per heavy atom. The zero-order valence-corrected chi connectivity index (χ0v) is 15.8. The SMILES string of the molecule is CCCNC(=NCC1(C(=O)N(C)C)CCCC1)NCCc1ccco1. The first-order chi connectivity index (χ1) is 12.1. The standard InChI is InChI=1S/C19H32N4O2/c1-4-12-20-18(21-13-9-16-8-7-14-25-16)22-15-19(10-5-6-11-19)17(24)23(2)3/h7-8,14H,4-6,9-13,15H2,1-3H3,(H2,20,21,22). The minimum Gasteiger partial charge on any atom is -0.469 e. The molecular weight excluding hydrogens is 316 g/mol. The van der Waals surface area contributed by atoms with Gasteiger partial charge in [-0.3, -0.25) is 9.79 Å². The Labute approximate surface area is 151 Å². The van der Waals surface area contributed by atoms with Crippen molar-refractivity contribution >= 4 is 11.9 Å². The van der Waals surface area contributed by atoms with Crippen LogP contribution in [0.25, 0.3) is 0 Å². The summed E-state index contributed by atoms with van der Waals surface area (Å²) in [6, 6.07) is 3.87. The van der Waals surface area contributed by atoms with E-state index in [-0.39, 0.29) is 11.3 Å². The highest BCUT2D eigenvalue weighted by molar-refractivity contribution is 5.84. The maximum Gasteiger partial charge on any atom is 0.230 e. The lowest BCUT2D eigenvalue weighted by Crippen LogP contribution is -2.43. The second-order valence-corrected chi connectivity index (χ2v) is 7.03. The van der Waals surface area contributed by atoms with E-state index in [0.29, 0.717) is 6.54 Å². The van der Waals surface area contributed by atoms with Gasteiger partial charge in [-0.1, -0.05) is 19.8 Å². The van der Waals surface area contributed by atoms with Gasteiger partial charge in [0.15, 0.2) is 5.96 Å². The quantitative estimate of drug-likeness (QED) is 0.559. The second-order valence-electron chi connectivity index (χ2n) is 7.03. The van der Waals surface area contributed by atoms with Gasteiger partial charge in [0.05, 0.1) is 18.2 Å². The molecule has 0 unspecified atom stereocenters. The predicted octanol–water partition coefficient (Wildman–Crippen LogP) is 2.42. The fourth-order valence-corrected chi connectivity index (χ4v) is 3.37. The molecule has 6 nitrogen and oxygen atoms in total. The Kier molecular flexibility index (Phi) is 7.34. The van der Waals surface area contributed by atoms with Crippen LogP contribution in [0, 0.1) is 5.41 Å². The minimum absolute atomic E-state index is 0.208. The van der Waals surface area contributed by atoms with Crippen LogP contribution < -0.4 is 10.6 Å². The van der Waals surface area contributed by atoms with Crippen LogP contribution in [0.3, 0.4) is 0 Å². The third-order valence-electron chi connectivity index (χ3n) is 4.75. The molecule has 25 heavy (non-hydrogen) atoms. The van der Waals surface area contributed by atoms with E-state index in [0.717, 1.165) is 63.3 Å². The number of amides is 1. The summed E-state index contributed by atoms with van der Waals surface area (Å²) in [5.41, 5.74) is -0.328. The lowest BCUT2D eigenvalue weighted by Gasteiger charge is -2.29. The Balaban J connectivity index is 1.97. The molecule has 0 saturated heterocycles. The van der Waals surface area contributed by atoms with Crippen molar-refractivity contribution in [2.45, 2.75) is 45.4 Å². The van der Waals surface area contributed by atoms with Crippen molar-refractivity contribution in [2.75, 3.05) is 33.7 Å². The van der Waals surface area contributed by atoms with Crippen LogP contribution in [0.5, 0.6) is 0 Å². The molecule has 140 valence electrons. The number of carbonyl (C=O) groups is 1. The molecule has 0 spiro atoms. The Bertz CT molecular complexity index is 546. The smallest absolute Gasteiger partial charge is 0.230 e. The summed E-state index contributed by atoms with van der Waals surface area (Å²) >= 11 is 0. The van der Waals surface area contributed by atoms with Gasteiger partial charge in [-0.2, -0.15) is 0 Å². The molecule has 1 heterocycles. The number of hydrogen-bond acceptors (Lipinski definition) is 3. The zero-order valence-electron chi connectivity index (χ0n) is 15.8. The first-order valence-electron chi connectivity index (χ1n) is 9.34. The van der Waals surface area contributed by atoms with E-state index in [9.17, 15) is 4.79 Å². The molecule has 1 aromatic rings. The van der Waals surface area contributed by atoms with Crippen molar-refractivity contribution in [3.05, 3.63) is 24.2 Å². The van der Waals surface area contributed by atoms with Gasteiger partial charge in [-0.15, -0.1) is 0 Å². The molecule has 2 rings (SSSR count). The Morgan fingerprint density at radius 1 is 1.28 bits per heavy atom. The Morgan fingerprint density at radius 3 is 2.60 bits per heavy atom. The maximum atomic E-state index is 12.7. The highest BCUT2D eigenvalue weighted by Gasteiger charge is 2.42. The molecule has 2 N–H and O–H groups in total. The van der Waals surface area contributed by atoms with Gasteiger partial charge in [0.1, 0.15) is 5.76 Å². The topological polar surface area (TPSA) is 69.9 Å². The van der Waals surface area contributed by atoms with Gasteiger partial charge < -0.3 is 20.0 Å². The van der Waals surface area contributed by atoms with Gasteiger partial charge in [-0.05, 0) is 31.4 Å². The van der Waals surface area contributed by atoms with Gasteiger partial charge in [0, 0.05) is 33.6 Å².